The number of carbonyl (C=O) groups is 4. The van der Waals surface area contributed by atoms with Gasteiger partial charge in [0, 0.05) is 0 Å². The van der Waals surface area contributed by atoms with Crippen molar-refractivity contribution in [3.63, 3.8) is 0 Å². The molecular formula is C24H34O8. The number of rotatable bonds is 15. The molecule has 8 nitrogen and oxygen atoms in total. The molecule has 8 heteroatoms. The minimum atomic E-state index is -2.41. The highest BCUT2D eigenvalue weighted by Crippen LogP contribution is 2.50. The summed E-state index contributed by atoms with van der Waals surface area (Å²) in [5.74, 6) is -4.39. The van der Waals surface area contributed by atoms with E-state index < -0.39 is 47.5 Å². The van der Waals surface area contributed by atoms with Gasteiger partial charge in [0.15, 0.2) is 10.8 Å². The zero-order valence-electron chi connectivity index (χ0n) is 19.4. The molecule has 0 aliphatic carbocycles. The molecular weight excluding hydrogens is 416 g/mol. The zero-order valence-corrected chi connectivity index (χ0v) is 19.4. The van der Waals surface area contributed by atoms with E-state index in [1.807, 2.05) is 0 Å². The molecule has 0 aromatic rings. The van der Waals surface area contributed by atoms with Gasteiger partial charge in [0.1, 0.15) is 0 Å². The second-order valence-corrected chi connectivity index (χ2v) is 6.43. The minimum Gasteiger partial charge on any atom is -0.465 e. The molecule has 0 aliphatic rings. The molecule has 0 saturated heterocycles. The van der Waals surface area contributed by atoms with Gasteiger partial charge in [-0.05, 0) is 40.5 Å². The molecule has 0 bridgehead atoms. The fourth-order valence-electron chi connectivity index (χ4n) is 3.24. The standard InChI is InChI=1S/C24H34O8/c1-7-13-15-17-23(19(25)29-9-3,20(26)30-10-4)24(18-16-14-8-2,21(27)31-11-5)22(28)32-12-6/h7-8,13-16H,1-2,9-12,17-18H2,3-6H3/b15-13+,16-14+. The van der Waals surface area contributed by atoms with E-state index in [0.29, 0.717) is 0 Å². The highest BCUT2D eigenvalue weighted by atomic mass is 16.6. The predicted molar refractivity (Wildman–Crippen MR) is 119 cm³/mol. The van der Waals surface area contributed by atoms with E-state index in [1.165, 1.54) is 36.5 Å². The van der Waals surface area contributed by atoms with Gasteiger partial charge in [-0.15, -0.1) is 0 Å². The van der Waals surface area contributed by atoms with Crippen LogP contribution in [0, 0.1) is 10.8 Å². The van der Waals surface area contributed by atoms with Crippen LogP contribution >= 0.6 is 0 Å². The second-order valence-electron chi connectivity index (χ2n) is 6.43. The van der Waals surface area contributed by atoms with Crippen LogP contribution in [0.2, 0.25) is 0 Å². The Kier molecular flexibility index (Phi) is 13.3. The van der Waals surface area contributed by atoms with Crippen LogP contribution in [0.5, 0.6) is 0 Å². The molecule has 0 heterocycles. The first-order chi connectivity index (χ1) is 15.3. The maximum absolute atomic E-state index is 13.4. The monoisotopic (exact) mass is 450 g/mol. The Morgan fingerprint density at radius 1 is 0.594 bits per heavy atom. The third-order valence-corrected chi connectivity index (χ3v) is 4.62. The molecule has 0 N–H and O–H groups in total. The first-order valence-corrected chi connectivity index (χ1v) is 10.5. The van der Waals surface area contributed by atoms with Crippen molar-refractivity contribution >= 4 is 23.9 Å². The van der Waals surface area contributed by atoms with Crippen LogP contribution in [0.25, 0.3) is 0 Å². The Balaban J connectivity index is 7.52. The summed E-state index contributed by atoms with van der Waals surface area (Å²) in [5.41, 5.74) is -4.83. The molecule has 0 aliphatic heterocycles. The van der Waals surface area contributed by atoms with Gasteiger partial charge in [-0.1, -0.05) is 49.6 Å². The summed E-state index contributed by atoms with van der Waals surface area (Å²) >= 11 is 0. The van der Waals surface area contributed by atoms with Crippen LogP contribution in [0.15, 0.2) is 49.6 Å². The van der Waals surface area contributed by atoms with Crippen LogP contribution in [-0.2, 0) is 38.1 Å². The summed E-state index contributed by atoms with van der Waals surface area (Å²) < 4.78 is 20.9. The molecule has 0 fully saturated rings. The Bertz CT molecular complexity index is 634. The number of allylic oxidation sites excluding steroid dienone is 6. The molecule has 178 valence electrons. The van der Waals surface area contributed by atoms with Crippen molar-refractivity contribution in [3.05, 3.63) is 49.6 Å². The summed E-state index contributed by atoms with van der Waals surface area (Å²) in [6.07, 6.45) is 7.90. The number of hydrogen-bond acceptors (Lipinski definition) is 8. The average molecular weight is 451 g/mol. The minimum absolute atomic E-state index is 0.102. The highest BCUT2D eigenvalue weighted by molar-refractivity contribution is 6.14. The van der Waals surface area contributed by atoms with Crippen LogP contribution in [-0.4, -0.2) is 50.3 Å². The van der Waals surface area contributed by atoms with E-state index in [9.17, 15) is 19.2 Å². The Morgan fingerprint density at radius 2 is 0.844 bits per heavy atom. The summed E-state index contributed by atoms with van der Waals surface area (Å²) in [6.45, 7) is 12.9. The molecule has 0 saturated carbocycles. The van der Waals surface area contributed by atoms with Crippen molar-refractivity contribution in [1.82, 2.24) is 0 Å². The molecule has 0 spiro atoms. The maximum atomic E-state index is 13.4. The fraction of sp³-hybridized carbons (Fsp3) is 0.500. The van der Waals surface area contributed by atoms with Crippen LogP contribution < -0.4 is 0 Å². The topological polar surface area (TPSA) is 105 Å². The van der Waals surface area contributed by atoms with Crippen molar-refractivity contribution in [3.8, 4) is 0 Å². The fourth-order valence-corrected chi connectivity index (χ4v) is 3.24. The predicted octanol–water partition coefficient (Wildman–Crippen LogP) is 3.48. The Morgan fingerprint density at radius 3 is 1.03 bits per heavy atom. The lowest BCUT2D eigenvalue weighted by atomic mass is 9.59. The SMILES string of the molecule is C=C/C=C/CC(C(=O)OCC)(C(=O)OCC)C(C/C=C/C=C)(C(=O)OCC)C(=O)OCC. The molecule has 0 aromatic heterocycles. The molecule has 0 aromatic carbocycles. The number of hydrogen-bond donors (Lipinski definition) is 0. The molecule has 0 atom stereocenters. The van der Waals surface area contributed by atoms with Gasteiger partial charge >= 0.3 is 23.9 Å². The van der Waals surface area contributed by atoms with Crippen molar-refractivity contribution in [2.75, 3.05) is 26.4 Å². The van der Waals surface area contributed by atoms with E-state index in [1.54, 1.807) is 27.7 Å². The molecule has 0 radical (unpaired) electrons. The quantitative estimate of drug-likeness (QED) is 0.162. The van der Waals surface area contributed by atoms with Crippen molar-refractivity contribution in [1.29, 1.82) is 0 Å². The smallest absolute Gasteiger partial charge is 0.325 e. The average Bonchev–Trinajstić information content (AvgIpc) is 2.75. The molecule has 0 rings (SSSR count). The summed E-state index contributed by atoms with van der Waals surface area (Å²) in [6, 6.07) is 0. The molecule has 0 amide bonds. The third-order valence-electron chi connectivity index (χ3n) is 4.62. The van der Waals surface area contributed by atoms with Crippen molar-refractivity contribution in [2.45, 2.75) is 40.5 Å². The first kappa shape index (κ1) is 28.8. The van der Waals surface area contributed by atoms with Gasteiger partial charge in [0.25, 0.3) is 0 Å². The molecule has 0 unspecified atom stereocenters. The van der Waals surface area contributed by atoms with Gasteiger partial charge in [0.05, 0.1) is 26.4 Å². The van der Waals surface area contributed by atoms with Crippen LogP contribution in [0.3, 0.4) is 0 Å². The van der Waals surface area contributed by atoms with E-state index in [2.05, 4.69) is 13.2 Å². The first-order valence-electron chi connectivity index (χ1n) is 10.5. The lowest BCUT2D eigenvalue weighted by molar-refractivity contribution is -0.203. The Hall–Kier alpha value is -3.16. The third kappa shape index (κ3) is 6.18. The number of carbonyl (C=O) groups excluding carboxylic acids is 4. The lowest BCUT2D eigenvalue weighted by Crippen LogP contribution is -2.62. The normalized spacial score (nSPS) is 11.8. The van der Waals surface area contributed by atoms with Gasteiger partial charge < -0.3 is 18.9 Å². The van der Waals surface area contributed by atoms with Gasteiger partial charge in [-0.3, -0.25) is 19.2 Å². The zero-order chi connectivity index (χ0) is 24.6. The second kappa shape index (κ2) is 14.8. The highest BCUT2D eigenvalue weighted by Gasteiger charge is 2.72. The van der Waals surface area contributed by atoms with E-state index in [4.69, 9.17) is 18.9 Å². The van der Waals surface area contributed by atoms with E-state index in [-0.39, 0.29) is 26.4 Å². The summed E-state index contributed by atoms with van der Waals surface area (Å²) in [4.78, 5) is 53.7. The van der Waals surface area contributed by atoms with Crippen molar-refractivity contribution < 1.29 is 38.1 Å². The summed E-state index contributed by atoms with van der Waals surface area (Å²) in [7, 11) is 0. The van der Waals surface area contributed by atoms with Crippen LogP contribution in [0.1, 0.15) is 40.5 Å². The lowest BCUT2D eigenvalue weighted by Gasteiger charge is -2.41. The van der Waals surface area contributed by atoms with E-state index >= 15 is 0 Å². The van der Waals surface area contributed by atoms with Gasteiger partial charge in [-0.2, -0.15) is 0 Å². The largest absolute Gasteiger partial charge is 0.465 e. The number of esters is 4. The maximum Gasteiger partial charge on any atom is 0.325 e. The van der Waals surface area contributed by atoms with Gasteiger partial charge in [0.2, 0.25) is 0 Å². The Labute approximate surface area is 189 Å². The summed E-state index contributed by atoms with van der Waals surface area (Å²) in [5, 5.41) is 0. The van der Waals surface area contributed by atoms with Crippen molar-refractivity contribution in [2.24, 2.45) is 10.8 Å². The van der Waals surface area contributed by atoms with Crippen LogP contribution in [0.4, 0.5) is 0 Å². The number of ether oxygens (including phenoxy) is 4. The molecule has 32 heavy (non-hydrogen) atoms. The van der Waals surface area contributed by atoms with E-state index in [0.717, 1.165) is 0 Å². The van der Waals surface area contributed by atoms with Gasteiger partial charge in [-0.25, -0.2) is 0 Å².